The lowest BCUT2D eigenvalue weighted by molar-refractivity contribution is -0.114. The summed E-state index contributed by atoms with van der Waals surface area (Å²) in [6, 6.07) is 10.4. The molecular formula is C19H26ClN3O3S. The molecule has 1 amide bonds. The van der Waals surface area contributed by atoms with Crippen LogP contribution in [0.4, 0.5) is 5.69 Å². The first kappa shape index (κ1) is 21.6. The maximum absolute atomic E-state index is 13.0. The van der Waals surface area contributed by atoms with Crippen LogP contribution in [0, 0.1) is 5.41 Å². The molecule has 2 aromatic carbocycles. The van der Waals surface area contributed by atoms with Crippen molar-refractivity contribution in [3.63, 3.8) is 0 Å². The van der Waals surface area contributed by atoms with Crippen LogP contribution in [0.3, 0.4) is 0 Å². The predicted octanol–water partition coefficient (Wildman–Crippen LogP) is 2.89. The van der Waals surface area contributed by atoms with Crippen LogP contribution >= 0.6 is 12.4 Å². The van der Waals surface area contributed by atoms with E-state index in [0.29, 0.717) is 23.0 Å². The van der Waals surface area contributed by atoms with Crippen molar-refractivity contribution in [1.29, 1.82) is 0 Å². The summed E-state index contributed by atoms with van der Waals surface area (Å²) in [6.07, 6.45) is 1.88. The minimum absolute atomic E-state index is 0. The lowest BCUT2D eigenvalue weighted by Crippen LogP contribution is -2.42. The molecule has 6 nitrogen and oxygen atoms in total. The summed E-state index contributed by atoms with van der Waals surface area (Å²) < 4.78 is 28.7. The number of nitrogens with one attached hydrogen (secondary N) is 3. The van der Waals surface area contributed by atoms with Crippen LogP contribution in [-0.4, -0.2) is 34.0 Å². The number of amides is 1. The van der Waals surface area contributed by atoms with Crippen LogP contribution in [0.2, 0.25) is 0 Å². The Morgan fingerprint density at radius 2 is 1.74 bits per heavy atom. The normalized spacial score (nSPS) is 16.5. The van der Waals surface area contributed by atoms with Gasteiger partial charge in [-0.3, -0.25) is 4.79 Å². The van der Waals surface area contributed by atoms with Gasteiger partial charge in [0, 0.05) is 29.9 Å². The van der Waals surface area contributed by atoms with Crippen molar-refractivity contribution in [2.75, 3.05) is 25.0 Å². The average molecular weight is 412 g/mol. The van der Waals surface area contributed by atoms with Crippen molar-refractivity contribution in [3.05, 3.63) is 36.4 Å². The van der Waals surface area contributed by atoms with E-state index in [-0.39, 0.29) is 28.6 Å². The number of carbonyl (C=O) groups excluding carboxylic acids is 1. The van der Waals surface area contributed by atoms with Gasteiger partial charge in [0.25, 0.3) is 0 Å². The van der Waals surface area contributed by atoms with Crippen LogP contribution in [0.1, 0.15) is 26.7 Å². The second-order valence-electron chi connectivity index (χ2n) is 7.22. The monoisotopic (exact) mass is 411 g/mol. The van der Waals surface area contributed by atoms with E-state index in [4.69, 9.17) is 0 Å². The van der Waals surface area contributed by atoms with Gasteiger partial charge in [0.1, 0.15) is 0 Å². The Morgan fingerprint density at radius 1 is 1.11 bits per heavy atom. The van der Waals surface area contributed by atoms with Crippen molar-refractivity contribution in [2.24, 2.45) is 5.41 Å². The third-order valence-electron chi connectivity index (χ3n) is 4.98. The number of fused-ring (bicyclic) bond motifs is 1. The number of anilines is 1. The molecule has 1 fully saturated rings. The van der Waals surface area contributed by atoms with Gasteiger partial charge in [0.15, 0.2) is 0 Å². The van der Waals surface area contributed by atoms with E-state index in [0.717, 1.165) is 25.9 Å². The average Bonchev–Trinajstić information content (AvgIpc) is 2.61. The molecule has 0 bridgehead atoms. The fourth-order valence-electron chi connectivity index (χ4n) is 3.36. The molecule has 3 N–H and O–H groups in total. The van der Waals surface area contributed by atoms with Gasteiger partial charge in [-0.2, -0.15) is 0 Å². The molecule has 1 aliphatic heterocycles. The quantitative estimate of drug-likeness (QED) is 0.706. The first-order valence-electron chi connectivity index (χ1n) is 8.81. The van der Waals surface area contributed by atoms with Crippen molar-refractivity contribution < 1.29 is 13.2 Å². The molecule has 0 aliphatic carbocycles. The summed E-state index contributed by atoms with van der Waals surface area (Å²) in [5, 5.41) is 7.36. The van der Waals surface area contributed by atoms with E-state index >= 15 is 0 Å². The zero-order valence-electron chi connectivity index (χ0n) is 15.5. The summed E-state index contributed by atoms with van der Waals surface area (Å²) in [4.78, 5) is 11.6. The summed E-state index contributed by atoms with van der Waals surface area (Å²) in [6.45, 7) is 5.78. The summed E-state index contributed by atoms with van der Waals surface area (Å²) in [5.41, 5.74) is 0.571. The number of piperidine rings is 1. The molecule has 1 saturated heterocycles. The van der Waals surface area contributed by atoms with Crippen molar-refractivity contribution in [1.82, 2.24) is 10.0 Å². The highest BCUT2D eigenvalue weighted by molar-refractivity contribution is 7.89. The zero-order chi connectivity index (χ0) is 18.8. The van der Waals surface area contributed by atoms with E-state index in [1.54, 1.807) is 24.3 Å². The Morgan fingerprint density at radius 3 is 2.37 bits per heavy atom. The fourth-order valence-corrected chi connectivity index (χ4v) is 4.77. The number of benzene rings is 2. The van der Waals surface area contributed by atoms with E-state index in [9.17, 15) is 13.2 Å². The molecule has 1 heterocycles. The molecule has 148 valence electrons. The van der Waals surface area contributed by atoms with Gasteiger partial charge in [-0.25, -0.2) is 13.1 Å². The Hall–Kier alpha value is -1.67. The van der Waals surface area contributed by atoms with Gasteiger partial charge in [-0.05, 0) is 43.5 Å². The molecule has 0 aromatic heterocycles. The van der Waals surface area contributed by atoms with E-state index in [1.165, 1.54) is 6.92 Å². The van der Waals surface area contributed by atoms with Crippen molar-refractivity contribution >= 4 is 44.8 Å². The van der Waals surface area contributed by atoms with Gasteiger partial charge in [-0.15, -0.1) is 12.4 Å². The molecule has 2 aromatic rings. The van der Waals surface area contributed by atoms with Crippen molar-refractivity contribution in [2.45, 2.75) is 31.6 Å². The zero-order valence-corrected chi connectivity index (χ0v) is 17.2. The topological polar surface area (TPSA) is 87.3 Å². The maximum Gasteiger partial charge on any atom is 0.241 e. The first-order valence-corrected chi connectivity index (χ1v) is 10.3. The molecule has 8 heteroatoms. The van der Waals surface area contributed by atoms with Crippen molar-refractivity contribution in [3.8, 4) is 0 Å². The van der Waals surface area contributed by atoms with Gasteiger partial charge in [0.2, 0.25) is 15.9 Å². The van der Waals surface area contributed by atoms with Gasteiger partial charge in [0.05, 0.1) is 4.90 Å². The second kappa shape index (κ2) is 8.56. The largest absolute Gasteiger partial charge is 0.326 e. The minimum atomic E-state index is -3.65. The van der Waals surface area contributed by atoms with Gasteiger partial charge < -0.3 is 10.6 Å². The highest BCUT2D eigenvalue weighted by Crippen LogP contribution is 2.31. The molecule has 1 aliphatic rings. The Labute approximate surface area is 166 Å². The van der Waals surface area contributed by atoms with Gasteiger partial charge >= 0.3 is 0 Å². The molecule has 0 radical (unpaired) electrons. The third kappa shape index (κ3) is 4.99. The van der Waals surface area contributed by atoms with E-state index in [1.807, 2.05) is 12.1 Å². The maximum atomic E-state index is 13.0. The Kier molecular flexibility index (Phi) is 6.86. The molecule has 3 rings (SSSR count). The lowest BCUT2D eigenvalue weighted by Gasteiger charge is -2.34. The second-order valence-corrected chi connectivity index (χ2v) is 8.96. The standard InChI is InChI=1S/C19H25N3O3S.ClH/c1-14(23)22-17-7-8-18(16-6-4-3-5-15(16)17)26(24,25)21-13-19(2)9-11-20-12-10-19;/h3-8,20-21H,9-13H2,1-2H3,(H,22,23);1H. The van der Waals surface area contributed by atoms with Gasteiger partial charge in [-0.1, -0.05) is 31.2 Å². The molecule has 0 spiro atoms. The Balaban J connectivity index is 0.00000261. The third-order valence-corrected chi connectivity index (χ3v) is 6.44. The minimum Gasteiger partial charge on any atom is -0.326 e. The predicted molar refractivity (Wildman–Crippen MR) is 111 cm³/mol. The summed E-state index contributed by atoms with van der Waals surface area (Å²) >= 11 is 0. The smallest absolute Gasteiger partial charge is 0.241 e. The van der Waals surface area contributed by atoms with Crippen LogP contribution in [-0.2, 0) is 14.8 Å². The highest BCUT2D eigenvalue weighted by atomic mass is 35.5. The summed E-state index contributed by atoms with van der Waals surface area (Å²) in [5.74, 6) is -0.192. The fraction of sp³-hybridized carbons (Fsp3) is 0.421. The lowest BCUT2D eigenvalue weighted by atomic mass is 9.81. The van der Waals surface area contributed by atoms with Crippen LogP contribution in [0.5, 0.6) is 0 Å². The Bertz CT molecular complexity index is 925. The molecule has 0 atom stereocenters. The number of halogens is 1. The highest BCUT2D eigenvalue weighted by Gasteiger charge is 2.29. The van der Waals surface area contributed by atoms with E-state index in [2.05, 4.69) is 22.3 Å². The molecule has 0 saturated carbocycles. The van der Waals surface area contributed by atoms with E-state index < -0.39 is 10.0 Å². The number of sulfonamides is 1. The van der Waals surface area contributed by atoms with Crippen LogP contribution in [0.25, 0.3) is 10.8 Å². The number of hydrogen-bond acceptors (Lipinski definition) is 4. The summed E-state index contributed by atoms with van der Waals surface area (Å²) in [7, 11) is -3.65. The number of carbonyl (C=O) groups is 1. The SMILES string of the molecule is CC(=O)Nc1ccc(S(=O)(=O)NCC2(C)CCNCC2)c2ccccc12.Cl. The van der Waals surface area contributed by atoms with Crippen LogP contribution < -0.4 is 15.4 Å². The molecule has 0 unspecified atom stereocenters. The number of rotatable bonds is 5. The van der Waals surface area contributed by atoms with Crippen LogP contribution in [0.15, 0.2) is 41.3 Å². The first-order chi connectivity index (χ1) is 12.3. The molecule has 27 heavy (non-hydrogen) atoms. The number of hydrogen-bond donors (Lipinski definition) is 3. The molecular weight excluding hydrogens is 386 g/mol.